The third-order valence-electron chi connectivity index (χ3n) is 5.95. The molecule has 6 aromatic rings. The van der Waals surface area contributed by atoms with E-state index in [0.29, 0.717) is 5.56 Å². The van der Waals surface area contributed by atoms with Crippen LogP contribution >= 0.6 is 0 Å². The maximum Gasteiger partial charge on any atom is 0.336 e. The molecule has 0 saturated heterocycles. The van der Waals surface area contributed by atoms with E-state index in [0.717, 1.165) is 27.3 Å². The van der Waals surface area contributed by atoms with Gasteiger partial charge >= 0.3 is 5.97 Å². The molecule has 0 saturated carbocycles. The SMILES string of the molecule is O=C(O)c1cccc2cccc(-c3ccc4ccc5cccc6ccc3c4c56)c12. The minimum absolute atomic E-state index is 0.337. The smallest absolute Gasteiger partial charge is 0.336 e. The van der Waals surface area contributed by atoms with Crippen LogP contribution < -0.4 is 0 Å². The highest BCUT2D eigenvalue weighted by Gasteiger charge is 2.16. The number of aromatic carboxylic acids is 1. The fraction of sp³-hybridized carbons (Fsp3) is 0. The Morgan fingerprint density at radius 3 is 1.79 bits per heavy atom. The highest BCUT2D eigenvalue weighted by Crippen LogP contribution is 2.41. The van der Waals surface area contributed by atoms with Crippen molar-refractivity contribution in [2.75, 3.05) is 0 Å². The number of benzene rings is 6. The van der Waals surface area contributed by atoms with E-state index < -0.39 is 5.97 Å². The fourth-order valence-electron chi connectivity index (χ4n) is 4.71. The molecule has 0 bridgehead atoms. The molecule has 6 aromatic carbocycles. The standard InChI is InChI=1S/C27H16O2/c28-27(29)23-9-3-7-16-6-2-8-21(25(16)23)20-14-12-19-11-10-17-4-1-5-18-13-15-22(20)26(19)24(17)18/h1-15H,(H,28,29). The molecule has 0 aromatic heterocycles. The third-order valence-corrected chi connectivity index (χ3v) is 5.95. The van der Waals surface area contributed by atoms with Crippen LogP contribution in [0.4, 0.5) is 0 Å². The molecule has 0 atom stereocenters. The zero-order valence-electron chi connectivity index (χ0n) is 15.5. The van der Waals surface area contributed by atoms with Gasteiger partial charge in [-0.3, -0.25) is 0 Å². The van der Waals surface area contributed by atoms with Crippen molar-refractivity contribution in [3.8, 4) is 11.1 Å². The van der Waals surface area contributed by atoms with Gasteiger partial charge in [0, 0.05) is 5.39 Å². The second-order valence-corrected chi connectivity index (χ2v) is 7.48. The average molecular weight is 372 g/mol. The molecular weight excluding hydrogens is 356 g/mol. The zero-order valence-corrected chi connectivity index (χ0v) is 15.5. The van der Waals surface area contributed by atoms with Crippen LogP contribution in [0.1, 0.15) is 10.4 Å². The lowest BCUT2D eigenvalue weighted by Gasteiger charge is -2.16. The van der Waals surface area contributed by atoms with E-state index in [1.165, 1.54) is 26.9 Å². The first-order valence-corrected chi connectivity index (χ1v) is 9.64. The van der Waals surface area contributed by atoms with Gasteiger partial charge < -0.3 is 5.11 Å². The molecule has 2 nitrogen and oxygen atoms in total. The van der Waals surface area contributed by atoms with Gasteiger partial charge in [-0.15, -0.1) is 0 Å². The van der Waals surface area contributed by atoms with Gasteiger partial charge in [0.05, 0.1) is 5.56 Å². The minimum atomic E-state index is -0.902. The normalized spacial score (nSPS) is 11.7. The van der Waals surface area contributed by atoms with E-state index in [1.807, 2.05) is 24.3 Å². The van der Waals surface area contributed by atoms with Gasteiger partial charge in [-0.05, 0) is 54.9 Å². The zero-order chi connectivity index (χ0) is 19.5. The van der Waals surface area contributed by atoms with Gasteiger partial charge in [0.1, 0.15) is 0 Å². The van der Waals surface area contributed by atoms with Crippen LogP contribution in [0.25, 0.3) is 54.2 Å². The van der Waals surface area contributed by atoms with Crippen molar-refractivity contribution < 1.29 is 9.90 Å². The predicted molar refractivity (Wildman–Crippen MR) is 120 cm³/mol. The first-order chi connectivity index (χ1) is 14.2. The number of hydrogen-bond donors (Lipinski definition) is 1. The van der Waals surface area contributed by atoms with Crippen LogP contribution in [0.5, 0.6) is 0 Å². The van der Waals surface area contributed by atoms with Crippen molar-refractivity contribution in [3.63, 3.8) is 0 Å². The molecule has 29 heavy (non-hydrogen) atoms. The molecule has 0 aliphatic carbocycles. The molecule has 0 heterocycles. The van der Waals surface area contributed by atoms with Gasteiger partial charge in [-0.25, -0.2) is 4.79 Å². The molecule has 136 valence electrons. The monoisotopic (exact) mass is 372 g/mol. The van der Waals surface area contributed by atoms with Gasteiger partial charge in [-0.1, -0.05) is 84.9 Å². The average Bonchev–Trinajstić information content (AvgIpc) is 2.76. The molecule has 0 radical (unpaired) electrons. The lowest BCUT2D eigenvalue weighted by Crippen LogP contribution is -1.98. The van der Waals surface area contributed by atoms with Gasteiger partial charge in [0.2, 0.25) is 0 Å². The predicted octanol–water partition coefficient (Wildman–Crippen LogP) is 7.10. The molecule has 0 aliphatic heterocycles. The number of hydrogen-bond acceptors (Lipinski definition) is 1. The molecule has 0 spiro atoms. The Morgan fingerprint density at radius 1 is 0.517 bits per heavy atom. The molecule has 0 fully saturated rings. The van der Waals surface area contributed by atoms with Crippen molar-refractivity contribution in [2.24, 2.45) is 0 Å². The van der Waals surface area contributed by atoms with Crippen molar-refractivity contribution in [1.29, 1.82) is 0 Å². The Kier molecular flexibility index (Phi) is 3.21. The number of carboxylic acid groups (broad SMARTS) is 1. The number of rotatable bonds is 2. The van der Waals surface area contributed by atoms with E-state index in [4.69, 9.17) is 0 Å². The summed E-state index contributed by atoms with van der Waals surface area (Å²) in [5.74, 6) is -0.902. The Bertz CT molecular complexity index is 1560. The van der Waals surface area contributed by atoms with Crippen LogP contribution in [-0.2, 0) is 0 Å². The van der Waals surface area contributed by atoms with Crippen LogP contribution in [-0.4, -0.2) is 11.1 Å². The van der Waals surface area contributed by atoms with Gasteiger partial charge in [0.25, 0.3) is 0 Å². The first kappa shape index (κ1) is 16.1. The fourth-order valence-corrected chi connectivity index (χ4v) is 4.71. The molecular formula is C27H16O2. The van der Waals surface area contributed by atoms with E-state index in [2.05, 4.69) is 54.6 Å². The largest absolute Gasteiger partial charge is 0.478 e. The summed E-state index contributed by atoms with van der Waals surface area (Å²) in [5, 5.41) is 18.8. The van der Waals surface area contributed by atoms with Crippen LogP contribution in [0.15, 0.2) is 91.0 Å². The Morgan fingerprint density at radius 2 is 1.07 bits per heavy atom. The summed E-state index contributed by atoms with van der Waals surface area (Å²) >= 11 is 0. The quantitative estimate of drug-likeness (QED) is 0.329. The van der Waals surface area contributed by atoms with Crippen molar-refractivity contribution in [2.45, 2.75) is 0 Å². The Hall–Kier alpha value is -3.91. The van der Waals surface area contributed by atoms with Gasteiger partial charge in [0.15, 0.2) is 0 Å². The van der Waals surface area contributed by atoms with Crippen LogP contribution in [0, 0.1) is 0 Å². The second kappa shape index (κ2) is 5.79. The lowest BCUT2D eigenvalue weighted by atomic mass is 9.87. The highest BCUT2D eigenvalue weighted by atomic mass is 16.4. The topological polar surface area (TPSA) is 37.3 Å². The number of carbonyl (C=O) groups is 1. The summed E-state index contributed by atoms with van der Waals surface area (Å²) in [5.41, 5.74) is 2.36. The summed E-state index contributed by atoms with van der Waals surface area (Å²) in [6.45, 7) is 0. The summed E-state index contributed by atoms with van der Waals surface area (Å²) in [6, 6.07) is 30.8. The van der Waals surface area contributed by atoms with E-state index in [9.17, 15) is 9.90 Å². The molecule has 1 N–H and O–H groups in total. The van der Waals surface area contributed by atoms with Crippen LogP contribution in [0.3, 0.4) is 0 Å². The van der Waals surface area contributed by atoms with Crippen molar-refractivity contribution in [1.82, 2.24) is 0 Å². The molecule has 2 heteroatoms. The Balaban J connectivity index is 1.81. The highest BCUT2D eigenvalue weighted by molar-refractivity contribution is 6.26. The van der Waals surface area contributed by atoms with E-state index in [-0.39, 0.29) is 0 Å². The van der Waals surface area contributed by atoms with Crippen molar-refractivity contribution >= 4 is 49.1 Å². The number of fused-ring (bicyclic) bond motifs is 1. The summed E-state index contributed by atoms with van der Waals surface area (Å²) in [6.07, 6.45) is 0. The lowest BCUT2D eigenvalue weighted by molar-refractivity contribution is 0.0699. The maximum absolute atomic E-state index is 11.9. The molecule has 0 aliphatic rings. The summed E-state index contributed by atoms with van der Waals surface area (Å²) in [4.78, 5) is 11.9. The summed E-state index contributed by atoms with van der Waals surface area (Å²) in [7, 11) is 0. The number of carboxylic acids is 1. The minimum Gasteiger partial charge on any atom is -0.478 e. The van der Waals surface area contributed by atoms with Crippen LogP contribution in [0.2, 0.25) is 0 Å². The second-order valence-electron chi connectivity index (χ2n) is 7.48. The Labute approximate surface area is 167 Å². The van der Waals surface area contributed by atoms with E-state index >= 15 is 0 Å². The summed E-state index contributed by atoms with van der Waals surface area (Å²) < 4.78 is 0. The first-order valence-electron chi connectivity index (χ1n) is 9.64. The third kappa shape index (κ3) is 2.20. The molecule has 6 rings (SSSR count). The van der Waals surface area contributed by atoms with Crippen molar-refractivity contribution in [3.05, 3.63) is 96.6 Å². The van der Waals surface area contributed by atoms with Gasteiger partial charge in [-0.2, -0.15) is 0 Å². The molecule has 0 unspecified atom stereocenters. The van der Waals surface area contributed by atoms with E-state index in [1.54, 1.807) is 12.1 Å². The maximum atomic E-state index is 11.9. The molecule has 0 amide bonds.